The molecule has 1 saturated heterocycles. The van der Waals surface area contributed by atoms with Gasteiger partial charge in [-0.1, -0.05) is 42.5 Å². The van der Waals surface area contributed by atoms with Crippen molar-refractivity contribution in [1.82, 2.24) is 10.6 Å². The molecule has 0 bridgehead atoms. The Bertz CT molecular complexity index is 1310. The van der Waals surface area contributed by atoms with E-state index in [4.69, 9.17) is 4.74 Å². The molecule has 1 aliphatic heterocycles. The van der Waals surface area contributed by atoms with Crippen molar-refractivity contribution in [2.24, 2.45) is 0 Å². The molecule has 3 aromatic rings. The van der Waals surface area contributed by atoms with E-state index in [-0.39, 0.29) is 30.1 Å². The monoisotopic (exact) mass is 586 g/mol. The van der Waals surface area contributed by atoms with E-state index in [1.165, 1.54) is 16.4 Å². The second-order valence-electron chi connectivity index (χ2n) is 10.00. The normalized spacial score (nSPS) is 16.6. The zero-order valence-corrected chi connectivity index (χ0v) is 24.2. The lowest BCUT2D eigenvalue weighted by Crippen LogP contribution is -2.48. The maximum absolute atomic E-state index is 15.8. The Morgan fingerprint density at radius 2 is 1.85 bits per heavy atom. The standard InChI is InChI=1S/C30H39FN4O5S/c1-3-33-23-17-25(29(31)27(18-23)35-13-8-14-41(35,38)39)30(37)34-26(16-21-9-5-4-6-10-21)28(36)20-32-19-22-11-7-12-24(15-22)40-2/h4-7,9-12,15,17-18,26,28,32-33,36,38-39H,3,8,13-14,16,19-20H2,1-2H3,(H,34,37)/t26-,28-/m0/s1. The topological polar surface area (TPSA) is 126 Å². The van der Waals surface area contributed by atoms with Crippen LogP contribution in [0.15, 0.2) is 66.7 Å². The summed E-state index contributed by atoms with van der Waals surface area (Å²) in [5, 5.41) is 20.3. The number of benzene rings is 3. The Morgan fingerprint density at radius 3 is 2.54 bits per heavy atom. The third-order valence-corrected chi connectivity index (χ3v) is 8.90. The van der Waals surface area contributed by atoms with Gasteiger partial charge in [0.2, 0.25) is 0 Å². The van der Waals surface area contributed by atoms with Gasteiger partial charge in [0.15, 0.2) is 5.82 Å². The highest BCUT2D eigenvalue weighted by molar-refractivity contribution is 8.25. The van der Waals surface area contributed by atoms with Crippen molar-refractivity contribution >= 4 is 28.1 Å². The molecule has 0 aromatic heterocycles. The second kappa shape index (κ2) is 14.0. The Morgan fingerprint density at radius 1 is 1.10 bits per heavy atom. The minimum absolute atomic E-state index is 0.0359. The summed E-state index contributed by atoms with van der Waals surface area (Å²) in [7, 11) is -1.57. The van der Waals surface area contributed by atoms with Crippen molar-refractivity contribution in [2.45, 2.75) is 38.5 Å². The van der Waals surface area contributed by atoms with Crippen molar-refractivity contribution in [1.29, 1.82) is 0 Å². The number of anilines is 2. The SMILES string of the molecule is CCNc1cc(C(=O)N[C@@H](Cc2ccccc2)[C@@H](O)CNCc2cccc(OC)c2)c(F)c(N2CCCS2(O)O)c1. The van der Waals surface area contributed by atoms with Gasteiger partial charge in [0.1, 0.15) is 5.75 Å². The largest absolute Gasteiger partial charge is 0.497 e. The van der Waals surface area contributed by atoms with Crippen LogP contribution in [0.1, 0.15) is 34.8 Å². The van der Waals surface area contributed by atoms with Crippen molar-refractivity contribution in [2.75, 3.05) is 42.1 Å². The highest BCUT2D eigenvalue weighted by Crippen LogP contribution is 2.52. The maximum atomic E-state index is 15.8. The van der Waals surface area contributed by atoms with E-state index < -0.39 is 34.6 Å². The number of hydrogen-bond donors (Lipinski definition) is 6. The zero-order chi connectivity index (χ0) is 29.4. The molecule has 1 amide bonds. The molecule has 0 saturated carbocycles. The number of carbonyl (C=O) groups is 1. The van der Waals surface area contributed by atoms with Crippen LogP contribution < -0.4 is 25.0 Å². The molecule has 4 rings (SSSR count). The van der Waals surface area contributed by atoms with Gasteiger partial charge in [0.25, 0.3) is 5.91 Å². The van der Waals surface area contributed by atoms with E-state index in [1.54, 1.807) is 7.11 Å². The number of hydrogen-bond acceptors (Lipinski definition) is 8. The number of amides is 1. The van der Waals surface area contributed by atoms with Gasteiger partial charge in [0, 0.05) is 31.9 Å². The van der Waals surface area contributed by atoms with E-state index in [2.05, 4.69) is 16.0 Å². The van der Waals surface area contributed by atoms with Crippen molar-refractivity contribution in [3.8, 4) is 5.75 Å². The Kier molecular flexibility index (Phi) is 10.5. The summed E-state index contributed by atoms with van der Waals surface area (Å²) in [4.78, 5) is 13.6. The van der Waals surface area contributed by atoms with Crippen LogP contribution in [-0.2, 0) is 13.0 Å². The number of halogens is 1. The molecule has 3 aromatic carbocycles. The number of nitrogens with zero attached hydrogens (tertiary/aromatic N) is 1. The molecule has 0 spiro atoms. The van der Waals surface area contributed by atoms with E-state index in [0.29, 0.717) is 31.6 Å². The molecule has 11 heteroatoms. The van der Waals surface area contributed by atoms with E-state index in [1.807, 2.05) is 61.5 Å². The molecule has 0 radical (unpaired) electrons. The lowest BCUT2D eigenvalue weighted by Gasteiger charge is -2.38. The molecule has 222 valence electrons. The fourth-order valence-electron chi connectivity index (χ4n) is 4.88. The van der Waals surface area contributed by atoms with Gasteiger partial charge in [-0.05, 0) is 55.2 Å². The predicted molar refractivity (Wildman–Crippen MR) is 162 cm³/mol. The van der Waals surface area contributed by atoms with Crippen molar-refractivity contribution in [3.05, 3.63) is 89.2 Å². The van der Waals surface area contributed by atoms with Crippen LogP contribution in [0, 0.1) is 5.82 Å². The number of rotatable bonds is 13. The summed E-state index contributed by atoms with van der Waals surface area (Å²) < 4.78 is 43.3. The van der Waals surface area contributed by atoms with Crippen LogP contribution in [0.5, 0.6) is 5.75 Å². The van der Waals surface area contributed by atoms with E-state index in [9.17, 15) is 19.0 Å². The highest BCUT2D eigenvalue weighted by Gasteiger charge is 2.33. The highest BCUT2D eigenvalue weighted by atomic mass is 32.3. The molecule has 0 aliphatic carbocycles. The average molecular weight is 587 g/mol. The van der Waals surface area contributed by atoms with Crippen molar-refractivity contribution < 1.29 is 28.1 Å². The first kappa shape index (κ1) is 30.6. The molecule has 1 heterocycles. The molecule has 1 fully saturated rings. The molecule has 0 unspecified atom stereocenters. The first-order valence-corrected chi connectivity index (χ1v) is 15.4. The summed E-state index contributed by atoms with van der Waals surface area (Å²) in [5.74, 6) is -0.662. The molecule has 41 heavy (non-hydrogen) atoms. The number of aliphatic hydroxyl groups is 1. The van der Waals surface area contributed by atoms with Crippen LogP contribution in [0.4, 0.5) is 15.8 Å². The van der Waals surface area contributed by atoms with Gasteiger partial charge in [-0.2, -0.15) is 0 Å². The summed E-state index contributed by atoms with van der Waals surface area (Å²) in [6.07, 6.45) is -0.166. The van der Waals surface area contributed by atoms with Crippen LogP contribution in [-0.4, -0.2) is 64.8 Å². The van der Waals surface area contributed by atoms with Gasteiger partial charge in [0.05, 0.1) is 36.3 Å². The fourth-order valence-corrected chi connectivity index (χ4v) is 6.49. The minimum Gasteiger partial charge on any atom is -0.497 e. The lowest BCUT2D eigenvalue weighted by atomic mass is 10.00. The molecule has 2 atom stereocenters. The van der Waals surface area contributed by atoms with Gasteiger partial charge in [-0.3, -0.25) is 18.2 Å². The van der Waals surface area contributed by atoms with Gasteiger partial charge >= 0.3 is 0 Å². The summed E-state index contributed by atoms with van der Waals surface area (Å²) in [6.45, 7) is 3.32. The minimum atomic E-state index is -3.17. The molecule has 6 N–H and O–H groups in total. The quantitative estimate of drug-likeness (QED) is 0.171. The third-order valence-electron chi connectivity index (χ3n) is 6.98. The Hall–Kier alpha value is -3.35. The number of carbonyl (C=O) groups excluding carboxylic acids is 1. The van der Waals surface area contributed by atoms with Gasteiger partial charge in [-0.25, -0.2) is 4.39 Å². The first-order chi connectivity index (χ1) is 19.7. The number of methoxy groups -OCH3 is 1. The van der Waals surface area contributed by atoms with E-state index in [0.717, 1.165) is 16.9 Å². The Labute approximate surface area is 242 Å². The zero-order valence-electron chi connectivity index (χ0n) is 23.3. The first-order valence-electron chi connectivity index (χ1n) is 13.7. The predicted octanol–water partition coefficient (Wildman–Crippen LogP) is 4.63. The Balaban J connectivity index is 1.55. The second-order valence-corrected chi connectivity index (χ2v) is 12.1. The molecule has 9 nitrogen and oxygen atoms in total. The van der Waals surface area contributed by atoms with Crippen LogP contribution in [0.3, 0.4) is 0 Å². The van der Waals surface area contributed by atoms with Gasteiger partial charge < -0.3 is 25.8 Å². The smallest absolute Gasteiger partial charge is 0.254 e. The third kappa shape index (κ3) is 7.90. The average Bonchev–Trinajstić information content (AvgIpc) is 3.32. The van der Waals surface area contributed by atoms with E-state index >= 15 is 4.39 Å². The number of aliphatic hydroxyl groups excluding tert-OH is 1. The number of nitrogens with one attached hydrogen (secondary N) is 3. The maximum Gasteiger partial charge on any atom is 0.254 e. The molecular weight excluding hydrogens is 547 g/mol. The van der Waals surface area contributed by atoms with Gasteiger partial charge in [-0.15, -0.1) is 10.8 Å². The molecule has 1 aliphatic rings. The summed E-state index contributed by atoms with van der Waals surface area (Å²) in [5.41, 5.74) is 2.08. The fraction of sp³-hybridized carbons (Fsp3) is 0.367. The summed E-state index contributed by atoms with van der Waals surface area (Å²) in [6, 6.07) is 19.2. The van der Waals surface area contributed by atoms with Crippen LogP contribution >= 0.6 is 10.8 Å². The lowest BCUT2D eigenvalue weighted by molar-refractivity contribution is 0.0826. The summed E-state index contributed by atoms with van der Waals surface area (Å²) >= 11 is 0. The van der Waals surface area contributed by atoms with Crippen LogP contribution in [0.25, 0.3) is 0 Å². The van der Waals surface area contributed by atoms with Crippen molar-refractivity contribution in [3.63, 3.8) is 0 Å². The van der Waals surface area contributed by atoms with Crippen LogP contribution in [0.2, 0.25) is 0 Å². The number of ether oxygens (including phenoxy) is 1. The molecular formula is C30H39FN4O5S.